The Morgan fingerprint density at radius 2 is 2.33 bits per heavy atom. The van der Waals surface area contributed by atoms with E-state index in [1.165, 1.54) is 4.90 Å². The second-order valence-corrected chi connectivity index (χ2v) is 3.77. The van der Waals surface area contributed by atoms with Gasteiger partial charge in [0.25, 0.3) is 5.91 Å². The number of nitro groups is 1. The average Bonchev–Trinajstić information content (AvgIpc) is 2.63. The van der Waals surface area contributed by atoms with Crippen LogP contribution in [0.2, 0.25) is 0 Å². The fourth-order valence-corrected chi connectivity index (χ4v) is 1.93. The zero-order valence-corrected chi connectivity index (χ0v) is 9.63. The minimum absolute atomic E-state index is 0.159. The van der Waals surface area contributed by atoms with Crippen LogP contribution < -0.4 is 5.32 Å². The molecule has 0 radical (unpaired) electrons. The van der Waals surface area contributed by atoms with Crippen LogP contribution in [0.4, 0.5) is 0 Å². The van der Waals surface area contributed by atoms with Crippen molar-refractivity contribution in [3.63, 3.8) is 0 Å². The molecule has 0 spiro atoms. The monoisotopic (exact) mass is 253 g/mol. The van der Waals surface area contributed by atoms with Gasteiger partial charge in [-0.1, -0.05) is 0 Å². The highest BCUT2D eigenvalue weighted by Gasteiger charge is 2.44. The number of carbonyl (C=O) groups excluding carboxylic acids is 2. The predicted molar refractivity (Wildman–Crippen MR) is 58.5 cm³/mol. The summed E-state index contributed by atoms with van der Waals surface area (Å²) < 4.78 is 4.39. The molecule has 1 saturated heterocycles. The van der Waals surface area contributed by atoms with Crippen LogP contribution in [0.15, 0.2) is 23.2 Å². The van der Waals surface area contributed by atoms with Crippen molar-refractivity contribution in [3.05, 3.63) is 33.3 Å². The van der Waals surface area contributed by atoms with Crippen molar-refractivity contribution in [2.75, 3.05) is 20.2 Å². The number of rotatable bonds is 2. The number of hydrogen-bond donors (Lipinski definition) is 1. The standard InChI is InChI=1S/C10H11N3O5/c1-18-7(14)5-6-8(13(16)17)9-11-3-2-4-12(9)10(6)15/h5,11H,2-4H2,1H3/b6-5+. The third-order valence-electron chi connectivity index (χ3n) is 2.72. The molecule has 0 atom stereocenters. The molecule has 2 rings (SSSR count). The van der Waals surface area contributed by atoms with Gasteiger partial charge in [-0.3, -0.25) is 19.8 Å². The molecule has 0 aromatic heterocycles. The van der Waals surface area contributed by atoms with E-state index < -0.39 is 16.8 Å². The Hall–Kier alpha value is -2.38. The first-order valence-electron chi connectivity index (χ1n) is 5.30. The largest absolute Gasteiger partial charge is 0.466 e. The number of hydrogen-bond acceptors (Lipinski definition) is 6. The van der Waals surface area contributed by atoms with Gasteiger partial charge < -0.3 is 10.1 Å². The van der Waals surface area contributed by atoms with Crippen molar-refractivity contribution in [1.82, 2.24) is 10.2 Å². The van der Waals surface area contributed by atoms with Gasteiger partial charge in [-0.05, 0) is 6.42 Å². The number of carbonyl (C=O) groups is 2. The average molecular weight is 253 g/mol. The highest BCUT2D eigenvalue weighted by atomic mass is 16.6. The summed E-state index contributed by atoms with van der Waals surface area (Å²) in [6, 6.07) is 0. The van der Waals surface area contributed by atoms with E-state index in [1.54, 1.807) is 0 Å². The summed E-state index contributed by atoms with van der Waals surface area (Å²) in [5, 5.41) is 13.8. The van der Waals surface area contributed by atoms with Crippen LogP contribution in [0.1, 0.15) is 6.42 Å². The van der Waals surface area contributed by atoms with Gasteiger partial charge in [0.2, 0.25) is 0 Å². The summed E-state index contributed by atoms with van der Waals surface area (Å²) in [6.07, 6.45) is 1.55. The van der Waals surface area contributed by atoms with Crippen LogP contribution in [-0.4, -0.2) is 41.9 Å². The van der Waals surface area contributed by atoms with Crippen molar-refractivity contribution in [1.29, 1.82) is 0 Å². The van der Waals surface area contributed by atoms with Crippen LogP contribution in [0.5, 0.6) is 0 Å². The molecule has 8 nitrogen and oxygen atoms in total. The fraction of sp³-hybridized carbons (Fsp3) is 0.400. The molecule has 2 heterocycles. The lowest BCUT2D eigenvalue weighted by Gasteiger charge is -2.24. The first-order valence-corrected chi connectivity index (χ1v) is 5.30. The van der Waals surface area contributed by atoms with Gasteiger partial charge in [0.15, 0.2) is 5.82 Å². The Balaban J connectivity index is 2.49. The molecule has 1 N–H and O–H groups in total. The van der Waals surface area contributed by atoms with E-state index in [4.69, 9.17) is 0 Å². The predicted octanol–water partition coefficient (Wildman–Crippen LogP) is -0.633. The lowest BCUT2D eigenvalue weighted by atomic mass is 10.2. The Bertz CT molecular complexity index is 494. The van der Waals surface area contributed by atoms with Crippen molar-refractivity contribution >= 4 is 11.9 Å². The Kier molecular flexibility index (Phi) is 3.00. The molecular weight excluding hydrogens is 242 g/mol. The molecular formula is C10H11N3O5. The first-order chi connectivity index (χ1) is 8.56. The van der Waals surface area contributed by atoms with Crippen molar-refractivity contribution in [2.45, 2.75) is 6.42 Å². The van der Waals surface area contributed by atoms with E-state index in [-0.39, 0.29) is 17.1 Å². The number of fused-ring (bicyclic) bond motifs is 1. The maximum Gasteiger partial charge on any atom is 0.331 e. The highest BCUT2D eigenvalue weighted by Crippen LogP contribution is 2.29. The molecule has 0 unspecified atom stereocenters. The van der Waals surface area contributed by atoms with Gasteiger partial charge in [0.05, 0.1) is 12.0 Å². The number of amides is 1. The second kappa shape index (κ2) is 4.47. The molecule has 1 amide bonds. The minimum Gasteiger partial charge on any atom is -0.466 e. The summed E-state index contributed by atoms with van der Waals surface area (Å²) in [7, 11) is 1.14. The summed E-state index contributed by atoms with van der Waals surface area (Å²) in [4.78, 5) is 34.7. The van der Waals surface area contributed by atoms with Gasteiger partial charge in [-0.25, -0.2) is 4.79 Å². The highest BCUT2D eigenvalue weighted by molar-refractivity contribution is 6.05. The van der Waals surface area contributed by atoms with Gasteiger partial charge in [-0.2, -0.15) is 0 Å². The van der Waals surface area contributed by atoms with E-state index in [0.717, 1.165) is 13.2 Å². The molecule has 2 aliphatic heterocycles. The first kappa shape index (κ1) is 12.1. The third kappa shape index (κ3) is 1.81. The summed E-state index contributed by atoms with van der Waals surface area (Å²) in [5.74, 6) is -1.18. The summed E-state index contributed by atoms with van der Waals surface area (Å²) in [5.41, 5.74) is -0.610. The smallest absolute Gasteiger partial charge is 0.331 e. The SMILES string of the molecule is COC(=O)/C=C1/C(=O)N2CCCNC2=C1[N+](=O)[O-]. The molecule has 0 bridgehead atoms. The second-order valence-electron chi connectivity index (χ2n) is 3.77. The van der Waals surface area contributed by atoms with E-state index in [9.17, 15) is 19.7 Å². The van der Waals surface area contributed by atoms with E-state index in [0.29, 0.717) is 19.5 Å². The summed E-state index contributed by atoms with van der Waals surface area (Å²) >= 11 is 0. The molecule has 0 aromatic carbocycles. The molecule has 18 heavy (non-hydrogen) atoms. The normalized spacial score (nSPS) is 20.8. The molecule has 0 saturated carbocycles. The molecule has 1 fully saturated rings. The fourth-order valence-electron chi connectivity index (χ4n) is 1.93. The number of esters is 1. The van der Waals surface area contributed by atoms with Gasteiger partial charge in [-0.15, -0.1) is 0 Å². The maximum absolute atomic E-state index is 12.0. The zero-order chi connectivity index (χ0) is 13.3. The van der Waals surface area contributed by atoms with Gasteiger partial charge in [0, 0.05) is 19.2 Å². The lowest BCUT2D eigenvalue weighted by Crippen LogP contribution is -2.39. The topological polar surface area (TPSA) is 102 Å². The summed E-state index contributed by atoms with van der Waals surface area (Å²) in [6.45, 7) is 0.957. The van der Waals surface area contributed by atoms with Gasteiger partial charge in [0.1, 0.15) is 5.57 Å². The molecule has 0 aliphatic carbocycles. The molecule has 8 heteroatoms. The minimum atomic E-state index is -0.793. The van der Waals surface area contributed by atoms with Crippen LogP contribution >= 0.6 is 0 Å². The number of nitrogens with zero attached hydrogens (tertiary/aromatic N) is 2. The Morgan fingerprint density at radius 1 is 1.61 bits per heavy atom. The third-order valence-corrected chi connectivity index (χ3v) is 2.72. The lowest BCUT2D eigenvalue weighted by molar-refractivity contribution is -0.421. The van der Waals surface area contributed by atoms with Crippen LogP contribution in [0.25, 0.3) is 0 Å². The van der Waals surface area contributed by atoms with E-state index >= 15 is 0 Å². The van der Waals surface area contributed by atoms with Crippen LogP contribution in [-0.2, 0) is 14.3 Å². The molecule has 2 aliphatic rings. The molecule has 0 aromatic rings. The van der Waals surface area contributed by atoms with Crippen molar-refractivity contribution < 1.29 is 19.2 Å². The van der Waals surface area contributed by atoms with Crippen molar-refractivity contribution in [3.8, 4) is 0 Å². The quantitative estimate of drug-likeness (QED) is 0.304. The van der Waals surface area contributed by atoms with Crippen LogP contribution in [0, 0.1) is 10.1 Å². The molecule has 96 valence electrons. The Labute approximate surface area is 102 Å². The van der Waals surface area contributed by atoms with E-state index in [1.807, 2.05) is 0 Å². The van der Waals surface area contributed by atoms with Gasteiger partial charge >= 0.3 is 11.7 Å². The zero-order valence-electron chi connectivity index (χ0n) is 9.63. The number of nitrogens with one attached hydrogen (secondary N) is 1. The van der Waals surface area contributed by atoms with Crippen molar-refractivity contribution in [2.24, 2.45) is 0 Å². The Morgan fingerprint density at radius 3 is 2.94 bits per heavy atom. The maximum atomic E-state index is 12.0. The van der Waals surface area contributed by atoms with Crippen LogP contribution in [0.3, 0.4) is 0 Å². The van der Waals surface area contributed by atoms with E-state index in [2.05, 4.69) is 10.1 Å². The number of ether oxygens (including phenoxy) is 1. The number of methoxy groups -OCH3 is 1.